The Morgan fingerprint density at radius 2 is 1.93 bits per heavy atom. The van der Waals surface area contributed by atoms with Crippen LogP contribution in [0.15, 0.2) is 23.0 Å². The maximum Gasteiger partial charge on any atom is 0.253 e. The normalized spacial score (nSPS) is 14.7. The first-order chi connectivity index (χ1) is 13.8. The van der Waals surface area contributed by atoms with Crippen LogP contribution in [0.3, 0.4) is 0 Å². The SMILES string of the molecule is Cc1cc(C)c(CNC(=O)c2cc(Cl)cc(N(C)C3CCOCC3)c2C)c(=O)[nH]1. The van der Waals surface area contributed by atoms with Crippen LogP contribution in [0.4, 0.5) is 5.69 Å². The summed E-state index contributed by atoms with van der Waals surface area (Å²) in [4.78, 5) is 30.1. The van der Waals surface area contributed by atoms with Crippen LogP contribution < -0.4 is 15.8 Å². The Morgan fingerprint density at radius 1 is 1.24 bits per heavy atom. The number of aromatic amines is 1. The van der Waals surface area contributed by atoms with E-state index in [4.69, 9.17) is 16.3 Å². The van der Waals surface area contributed by atoms with Crippen molar-refractivity contribution in [2.24, 2.45) is 0 Å². The second kappa shape index (κ2) is 9.01. The minimum Gasteiger partial charge on any atom is -0.381 e. The number of rotatable bonds is 5. The van der Waals surface area contributed by atoms with Crippen molar-refractivity contribution in [2.45, 2.75) is 46.2 Å². The molecule has 156 valence electrons. The van der Waals surface area contributed by atoms with Gasteiger partial charge >= 0.3 is 0 Å². The molecule has 1 fully saturated rings. The number of hydrogen-bond acceptors (Lipinski definition) is 4. The second-order valence-corrected chi connectivity index (χ2v) is 8.11. The molecule has 0 radical (unpaired) electrons. The predicted octanol–water partition coefficient (Wildman–Crippen LogP) is 3.50. The van der Waals surface area contributed by atoms with Crippen molar-refractivity contribution in [3.8, 4) is 0 Å². The predicted molar refractivity (Wildman–Crippen MR) is 116 cm³/mol. The first kappa shape index (κ1) is 21.4. The Balaban J connectivity index is 1.82. The third-order valence-corrected chi connectivity index (χ3v) is 5.85. The molecule has 3 rings (SSSR count). The van der Waals surface area contributed by atoms with Crippen LogP contribution in [0.2, 0.25) is 5.02 Å². The number of nitrogens with one attached hydrogen (secondary N) is 2. The average Bonchev–Trinajstić information content (AvgIpc) is 2.68. The zero-order valence-corrected chi connectivity index (χ0v) is 18.2. The molecule has 2 N–H and O–H groups in total. The van der Waals surface area contributed by atoms with Gasteiger partial charge in [0.15, 0.2) is 0 Å². The van der Waals surface area contributed by atoms with Crippen molar-refractivity contribution in [2.75, 3.05) is 25.2 Å². The maximum absolute atomic E-state index is 12.9. The highest BCUT2D eigenvalue weighted by Crippen LogP contribution is 2.30. The number of carbonyl (C=O) groups excluding carboxylic acids is 1. The number of carbonyl (C=O) groups is 1. The molecule has 2 heterocycles. The number of nitrogens with zero attached hydrogens (tertiary/aromatic N) is 1. The van der Waals surface area contributed by atoms with Crippen LogP contribution in [0.25, 0.3) is 0 Å². The minimum absolute atomic E-state index is 0.164. The lowest BCUT2D eigenvalue weighted by Crippen LogP contribution is -2.37. The molecule has 0 atom stereocenters. The first-order valence-electron chi connectivity index (χ1n) is 9.86. The average molecular weight is 418 g/mol. The summed E-state index contributed by atoms with van der Waals surface area (Å²) in [5.74, 6) is -0.244. The molecular weight excluding hydrogens is 390 g/mol. The van der Waals surface area contributed by atoms with Gasteiger partial charge < -0.3 is 19.9 Å². The molecule has 2 aromatic rings. The molecule has 0 bridgehead atoms. The van der Waals surface area contributed by atoms with E-state index in [1.165, 1.54) is 0 Å². The summed E-state index contributed by atoms with van der Waals surface area (Å²) in [5, 5.41) is 3.39. The zero-order valence-electron chi connectivity index (χ0n) is 17.4. The molecule has 7 heteroatoms. The lowest BCUT2D eigenvalue weighted by atomic mass is 10.0. The molecule has 1 aromatic heterocycles. The van der Waals surface area contributed by atoms with Crippen molar-refractivity contribution >= 4 is 23.2 Å². The van der Waals surface area contributed by atoms with E-state index >= 15 is 0 Å². The summed E-state index contributed by atoms with van der Waals surface area (Å²) < 4.78 is 5.46. The van der Waals surface area contributed by atoms with Crippen LogP contribution in [-0.4, -0.2) is 37.2 Å². The van der Waals surface area contributed by atoms with Gasteiger partial charge in [0.1, 0.15) is 0 Å². The van der Waals surface area contributed by atoms with E-state index in [1.54, 1.807) is 6.07 Å². The van der Waals surface area contributed by atoms with Gasteiger partial charge in [-0.3, -0.25) is 9.59 Å². The molecule has 0 unspecified atom stereocenters. The highest BCUT2D eigenvalue weighted by atomic mass is 35.5. The molecule has 0 saturated carbocycles. The van der Waals surface area contributed by atoms with Crippen LogP contribution in [0.1, 0.15) is 45.6 Å². The number of pyridine rings is 1. The number of hydrogen-bond donors (Lipinski definition) is 2. The van der Waals surface area contributed by atoms with E-state index in [-0.39, 0.29) is 18.0 Å². The van der Waals surface area contributed by atoms with E-state index in [2.05, 4.69) is 15.2 Å². The summed E-state index contributed by atoms with van der Waals surface area (Å²) in [6, 6.07) is 5.83. The molecule has 1 aromatic carbocycles. The van der Waals surface area contributed by atoms with Gasteiger partial charge in [0.25, 0.3) is 11.5 Å². The molecular formula is C22H28ClN3O3. The fourth-order valence-corrected chi connectivity index (χ4v) is 4.11. The van der Waals surface area contributed by atoms with E-state index in [0.717, 1.165) is 48.6 Å². The second-order valence-electron chi connectivity index (χ2n) is 7.68. The Bertz CT molecular complexity index is 965. The van der Waals surface area contributed by atoms with Gasteiger partial charge in [0, 0.05) is 60.4 Å². The lowest BCUT2D eigenvalue weighted by molar-refractivity contribution is 0.0854. The van der Waals surface area contributed by atoms with Crippen LogP contribution >= 0.6 is 11.6 Å². The topological polar surface area (TPSA) is 74.4 Å². The van der Waals surface area contributed by atoms with Gasteiger partial charge in [-0.2, -0.15) is 0 Å². The molecule has 29 heavy (non-hydrogen) atoms. The monoisotopic (exact) mass is 417 g/mol. The molecule has 1 saturated heterocycles. The van der Waals surface area contributed by atoms with Gasteiger partial charge in [-0.25, -0.2) is 0 Å². The fraction of sp³-hybridized carbons (Fsp3) is 0.455. The summed E-state index contributed by atoms with van der Waals surface area (Å²) >= 11 is 6.35. The summed E-state index contributed by atoms with van der Waals surface area (Å²) in [5.41, 5.74) is 4.37. The number of amides is 1. The Morgan fingerprint density at radius 3 is 2.59 bits per heavy atom. The van der Waals surface area contributed by atoms with Gasteiger partial charge in [0.05, 0.1) is 0 Å². The lowest BCUT2D eigenvalue weighted by Gasteiger charge is -2.34. The maximum atomic E-state index is 12.9. The molecule has 0 spiro atoms. The summed E-state index contributed by atoms with van der Waals surface area (Å²) in [6.07, 6.45) is 1.89. The van der Waals surface area contributed by atoms with E-state index in [0.29, 0.717) is 22.2 Å². The van der Waals surface area contributed by atoms with Crippen molar-refractivity contribution in [1.29, 1.82) is 0 Å². The third-order valence-electron chi connectivity index (χ3n) is 5.63. The van der Waals surface area contributed by atoms with Crippen LogP contribution in [-0.2, 0) is 11.3 Å². The Hall–Kier alpha value is -2.31. The number of aryl methyl sites for hydroxylation is 2. The van der Waals surface area contributed by atoms with E-state index < -0.39 is 0 Å². The van der Waals surface area contributed by atoms with Crippen molar-refractivity contribution < 1.29 is 9.53 Å². The smallest absolute Gasteiger partial charge is 0.253 e. The van der Waals surface area contributed by atoms with Gasteiger partial charge in [-0.1, -0.05) is 11.6 Å². The Kier molecular flexibility index (Phi) is 6.65. The fourth-order valence-electron chi connectivity index (χ4n) is 3.90. The number of benzene rings is 1. The quantitative estimate of drug-likeness (QED) is 0.780. The minimum atomic E-state index is -0.244. The highest BCUT2D eigenvalue weighted by Gasteiger charge is 2.23. The number of aromatic nitrogens is 1. The summed E-state index contributed by atoms with van der Waals surface area (Å²) in [6.45, 7) is 7.29. The highest BCUT2D eigenvalue weighted by molar-refractivity contribution is 6.31. The first-order valence-corrected chi connectivity index (χ1v) is 10.2. The van der Waals surface area contributed by atoms with Gasteiger partial charge in [0.2, 0.25) is 0 Å². The third kappa shape index (κ3) is 4.82. The van der Waals surface area contributed by atoms with E-state index in [9.17, 15) is 9.59 Å². The van der Waals surface area contributed by atoms with Crippen LogP contribution in [0.5, 0.6) is 0 Å². The number of halogens is 1. The number of anilines is 1. The van der Waals surface area contributed by atoms with Gasteiger partial charge in [-0.15, -0.1) is 0 Å². The molecule has 1 amide bonds. The van der Waals surface area contributed by atoms with Crippen molar-refractivity contribution in [3.63, 3.8) is 0 Å². The van der Waals surface area contributed by atoms with E-state index in [1.807, 2.05) is 40.0 Å². The number of ether oxygens (including phenoxy) is 1. The Labute approximate surface area is 176 Å². The van der Waals surface area contributed by atoms with Crippen molar-refractivity contribution in [3.05, 3.63) is 61.5 Å². The van der Waals surface area contributed by atoms with Gasteiger partial charge in [-0.05, 0) is 62.9 Å². The van der Waals surface area contributed by atoms with Crippen LogP contribution in [0, 0.1) is 20.8 Å². The van der Waals surface area contributed by atoms with Crippen molar-refractivity contribution in [1.82, 2.24) is 10.3 Å². The molecule has 1 aliphatic heterocycles. The zero-order chi connectivity index (χ0) is 21.1. The molecule has 0 aliphatic carbocycles. The largest absolute Gasteiger partial charge is 0.381 e. The molecule has 6 nitrogen and oxygen atoms in total. The standard InChI is InChI=1S/C22H28ClN3O3/c1-13-9-14(2)25-22(28)19(13)12-24-21(27)18-10-16(23)11-20(15(18)3)26(4)17-5-7-29-8-6-17/h9-11,17H,5-8,12H2,1-4H3,(H,24,27)(H,25,28). The molecule has 1 aliphatic rings. The summed E-state index contributed by atoms with van der Waals surface area (Å²) in [7, 11) is 2.03. The number of H-pyrrole nitrogens is 1.